The molecule has 1 amide bonds. The second kappa shape index (κ2) is 7.82. The largest absolute Gasteiger partial charge is 0.324 e. The van der Waals surface area contributed by atoms with Crippen molar-refractivity contribution in [3.05, 3.63) is 72.7 Å². The van der Waals surface area contributed by atoms with Gasteiger partial charge in [0.15, 0.2) is 5.16 Å². The van der Waals surface area contributed by atoms with E-state index in [1.54, 1.807) is 12.5 Å². The smallest absolute Gasteiger partial charge is 0.237 e. The van der Waals surface area contributed by atoms with E-state index < -0.39 is 0 Å². The van der Waals surface area contributed by atoms with Gasteiger partial charge in [-0.1, -0.05) is 36.0 Å². The number of amides is 1. The molecular weight excluding hydrogens is 370 g/mol. The van der Waals surface area contributed by atoms with Gasteiger partial charge in [-0.15, -0.1) is 10.2 Å². The van der Waals surface area contributed by atoms with Gasteiger partial charge >= 0.3 is 0 Å². The molecule has 0 saturated heterocycles. The minimum atomic E-state index is -0.348. The molecule has 2 aromatic carbocycles. The summed E-state index contributed by atoms with van der Waals surface area (Å²) >= 11 is 1.37. The lowest BCUT2D eigenvalue weighted by atomic mass is 10.2. The Kier molecular flexibility index (Phi) is 5.08. The Morgan fingerprint density at radius 2 is 1.96 bits per heavy atom. The lowest BCUT2D eigenvalue weighted by Crippen LogP contribution is -2.23. The number of aryl methyl sites for hydroxylation is 1. The highest BCUT2D eigenvalue weighted by atomic mass is 32.2. The molecule has 0 aliphatic heterocycles. The van der Waals surface area contributed by atoms with Crippen LogP contribution in [0.5, 0.6) is 0 Å². The number of carbonyl (C=O) groups excluding carboxylic acids is 1. The average molecular weight is 389 g/mol. The maximum atomic E-state index is 12.8. The predicted molar refractivity (Wildman–Crippen MR) is 112 cm³/mol. The minimum absolute atomic E-state index is 0.0966. The molecule has 2 aromatic heterocycles. The zero-order valence-corrected chi connectivity index (χ0v) is 16.4. The minimum Gasteiger partial charge on any atom is -0.324 e. The summed E-state index contributed by atoms with van der Waals surface area (Å²) in [6.45, 7) is 3.90. The molecule has 0 radical (unpaired) electrons. The van der Waals surface area contributed by atoms with Crippen LogP contribution in [0.15, 0.2) is 72.3 Å². The molecule has 6 nitrogen and oxygen atoms in total. The van der Waals surface area contributed by atoms with E-state index in [0.717, 1.165) is 27.8 Å². The second-order valence-electron chi connectivity index (χ2n) is 6.39. The molecule has 4 rings (SSSR count). The van der Waals surface area contributed by atoms with Gasteiger partial charge in [-0.3, -0.25) is 14.3 Å². The van der Waals surface area contributed by atoms with Crippen LogP contribution in [0.1, 0.15) is 12.5 Å². The standard InChI is InChI=1S/C21H19N5OS/c1-14-7-3-4-11-19(14)26-13-23-25-21(26)28-15(2)20(27)24-18-10-5-9-17-16(18)8-6-12-22-17/h3-13,15H,1-2H3,(H,24,27). The highest BCUT2D eigenvalue weighted by Gasteiger charge is 2.19. The van der Waals surface area contributed by atoms with Crippen molar-refractivity contribution in [2.24, 2.45) is 0 Å². The number of hydrogen-bond donors (Lipinski definition) is 1. The topological polar surface area (TPSA) is 72.7 Å². The Bertz CT molecular complexity index is 1140. The number of fused-ring (bicyclic) bond motifs is 1. The van der Waals surface area contributed by atoms with Gasteiger partial charge in [0, 0.05) is 11.6 Å². The first-order valence-corrected chi connectivity index (χ1v) is 9.79. The quantitative estimate of drug-likeness (QED) is 0.517. The molecule has 1 unspecified atom stereocenters. The van der Waals surface area contributed by atoms with Crippen molar-refractivity contribution < 1.29 is 4.79 Å². The Morgan fingerprint density at radius 3 is 2.82 bits per heavy atom. The van der Waals surface area contributed by atoms with Crippen LogP contribution in [0.4, 0.5) is 5.69 Å². The molecule has 4 aromatic rings. The third-order valence-corrected chi connectivity index (χ3v) is 5.50. The number of anilines is 1. The van der Waals surface area contributed by atoms with Crippen molar-refractivity contribution >= 4 is 34.3 Å². The van der Waals surface area contributed by atoms with E-state index in [9.17, 15) is 4.79 Å². The SMILES string of the molecule is Cc1ccccc1-n1cnnc1SC(C)C(=O)Nc1cccc2ncccc12. The van der Waals surface area contributed by atoms with Gasteiger partial charge < -0.3 is 5.32 Å². The Hall–Kier alpha value is -3.19. The molecule has 140 valence electrons. The van der Waals surface area contributed by atoms with Gasteiger partial charge in [0.1, 0.15) is 6.33 Å². The maximum Gasteiger partial charge on any atom is 0.237 e. The second-order valence-corrected chi connectivity index (χ2v) is 7.70. The summed E-state index contributed by atoms with van der Waals surface area (Å²) in [6, 6.07) is 17.5. The zero-order valence-electron chi connectivity index (χ0n) is 15.5. The van der Waals surface area contributed by atoms with Gasteiger partial charge in [0.25, 0.3) is 0 Å². The number of carbonyl (C=O) groups is 1. The molecule has 1 atom stereocenters. The summed E-state index contributed by atoms with van der Waals surface area (Å²) in [5.41, 5.74) is 3.72. The van der Waals surface area contributed by atoms with Crippen LogP contribution in [0, 0.1) is 6.92 Å². The van der Waals surface area contributed by atoms with Gasteiger partial charge in [0.05, 0.1) is 22.1 Å². The summed E-state index contributed by atoms with van der Waals surface area (Å²) in [7, 11) is 0. The van der Waals surface area contributed by atoms with E-state index in [0.29, 0.717) is 5.16 Å². The normalized spacial score (nSPS) is 12.1. The number of nitrogens with one attached hydrogen (secondary N) is 1. The van der Waals surface area contributed by atoms with E-state index in [1.807, 2.05) is 73.0 Å². The molecule has 0 aliphatic carbocycles. The third kappa shape index (κ3) is 3.61. The van der Waals surface area contributed by atoms with Crippen molar-refractivity contribution in [3.63, 3.8) is 0 Å². The fourth-order valence-corrected chi connectivity index (χ4v) is 3.80. The monoisotopic (exact) mass is 389 g/mol. The molecule has 0 fully saturated rings. The van der Waals surface area contributed by atoms with E-state index in [4.69, 9.17) is 0 Å². The zero-order chi connectivity index (χ0) is 19.5. The maximum absolute atomic E-state index is 12.8. The van der Waals surface area contributed by atoms with Crippen molar-refractivity contribution in [2.45, 2.75) is 24.3 Å². The molecule has 2 heterocycles. The number of para-hydroxylation sites is 1. The molecule has 0 aliphatic rings. The van der Waals surface area contributed by atoms with Gasteiger partial charge in [-0.25, -0.2) is 0 Å². The lowest BCUT2D eigenvalue weighted by molar-refractivity contribution is -0.115. The Balaban J connectivity index is 1.53. The van der Waals surface area contributed by atoms with Crippen molar-refractivity contribution in [1.82, 2.24) is 19.7 Å². The molecule has 1 N–H and O–H groups in total. The summed E-state index contributed by atoms with van der Waals surface area (Å²) < 4.78 is 1.91. The Labute approximate surface area is 167 Å². The molecule has 0 bridgehead atoms. The fraction of sp³-hybridized carbons (Fsp3) is 0.143. The highest BCUT2D eigenvalue weighted by molar-refractivity contribution is 8.00. The molecular formula is C21H19N5OS. The van der Waals surface area contributed by atoms with Crippen molar-refractivity contribution in [1.29, 1.82) is 0 Å². The summed E-state index contributed by atoms with van der Waals surface area (Å²) in [5, 5.41) is 12.5. The van der Waals surface area contributed by atoms with Crippen LogP contribution in [-0.2, 0) is 4.79 Å². The summed E-state index contributed by atoms with van der Waals surface area (Å²) in [5.74, 6) is -0.0966. The van der Waals surface area contributed by atoms with E-state index >= 15 is 0 Å². The van der Waals surface area contributed by atoms with Gasteiger partial charge in [-0.05, 0) is 49.7 Å². The number of pyridine rings is 1. The predicted octanol–water partition coefficient (Wildman–Crippen LogP) is 4.24. The van der Waals surface area contributed by atoms with E-state index in [-0.39, 0.29) is 11.2 Å². The fourth-order valence-electron chi connectivity index (χ4n) is 2.96. The number of rotatable bonds is 5. The average Bonchev–Trinajstić information content (AvgIpc) is 3.16. The third-order valence-electron chi connectivity index (χ3n) is 4.45. The first-order chi connectivity index (χ1) is 13.6. The molecule has 0 saturated carbocycles. The lowest BCUT2D eigenvalue weighted by Gasteiger charge is -2.14. The summed E-state index contributed by atoms with van der Waals surface area (Å²) in [6.07, 6.45) is 3.41. The van der Waals surface area contributed by atoms with Crippen LogP contribution in [0.25, 0.3) is 16.6 Å². The van der Waals surface area contributed by atoms with Crippen LogP contribution >= 0.6 is 11.8 Å². The van der Waals surface area contributed by atoms with E-state index in [2.05, 4.69) is 20.5 Å². The van der Waals surface area contributed by atoms with Crippen molar-refractivity contribution in [3.8, 4) is 5.69 Å². The van der Waals surface area contributed by atoms with Crippen molar-refractivity contribution in [2.75, 3.05) is 5.32 Å². The number of aromatic nitrogens is 4. The number of nitrogens with zero attached hydrogens (tertiary/aromatic N) is 4. The van der Waals surface area contributed by atoms with Crippen LogP contribution in [-0.4, -0.2) is 30.9 Å². The number of hydrogen-bond acceptors (Lipinski definition) is 5. The van der Waals surface area contributed by atoms with E-state index in [1.165, 1.54) is 11.8 Å². The van der Waals surface area contributed by atoms with Crippen LogP contribution in [0.3, 0.4) is 0 Å². The number of thioether (sulfide) groups is 1. The van der Waals surface area contributed by atoms with Gasteiger partial charge in [0.2, 0.25) is 5.91 Å². The van der Waals surface area contributed by atoms with Gasteiger partial charge in [-0.2, -0.15) is 0 Å². The first-order valence-electron chi connectivity index (χ1n) is 8.91. The molecule has 7 heteroatoms. The highest BCUT2D eigenvalue weighted by Crippen LogP contribution is 2.27. The summed E-state index contributed by atoms with van der Waals surface area (Å²) in [4.78, 5) is 17.1. The first kappa shape index (κ1) is 18.2. The molecule has 28 heavy (non-hydrogen) atoms. The Morgan fingerprint density at radius 1 is 1.11 bits per heavy atom. The number of benzene rings is 2. The molecule has 0 spiro atoms. The van der Waals surface area contributed by atoms with Crippen LogP contribution < -0.4 is 5.32 Å². The van der Waals surface area contributed by atoms with Crippen LogP contribution in [0.2, 0.25) is 0 Å².